The van der Waals surface area contributed by atoms with E-state index in [-0.39, 0.29) is 11.5 Å². The van der Waals surface area contributed by atoms with Gasteiger partial charge in [0.25, 0.3) is 11.5 Å². The second-order valence-electron chi connectivity index (χ2n) is 4.28. The number of hydrogen-bond acceptors (Lipinski definition) is 7. The van der Waals surface area contributed by atoms with Crippen LogP contribution in [-0.2, 0) is 0 Å². The lowest BCUT2D eigenvalue weighted by molar-refractivity contribution is 0.430. The lowest BCUT2D eigenvalue weighted by atomic mass is 10.3. The van der Waals surface area contributed by atoms with E-state index in [1.165, 1.54) is 12.1 Å². The van der Waals surface area contributed by atoms with E-state index in [0.717, 1.165) is 10.8 Å². The highest BCUT2D eigenvalue weighted by molar-refractivity contribution is 6.30. The number of aliphatic imine (C=N–C) groups is 1. The van der Waals surface area contributed by atoms with Crippen molar-refractivity contribution in [2.75, 3.05) is 0 Å². The van der Waals surface area contributed by atoms with Gasteiger partial charge in [-0.05, 0) is 29.5 Å². The van der Waals surface area contributed by atoms with Crippen LogP contribution < -0.4 is 11.2 Å². The Bertz CT molecular complexity index is 973. The number of tetrazole rings is 1. The summed E-state index contributed by atoms with van der Waals surface area (Å²) in [6.07, 6.45) is 1.03. The molecule has 0 radical (unpaired) electrons. The normalized spacial score (nSPS) is 11.2. The maximum Gasteiger partial charge on any atom is 0.335 e. The summed E-state index contributed by atoms with van der Waals surface area (Å²) < 4.78 is 0.912. The highest BCUT2D eigenvalue weighted by Gasteiger charge is 2.14. The van der Waals surface area contributed by atoms with Gasteiger partial charge in [0.1, 0.15) is 5.56 Å². The third kappa shape index (κ3) is 2.87. The molecule has 0 spiro atoms. The van der Waals surface area contributed by atoms with E-state index >= 15 is 0 Å². The number of H-pyrrole nitrogens is 2. The molecule has 0 fully saturated rings. The van der Waals surface area contributed by atoms with Crippen molar-refractivity contribution in [3.05, 3.63) is 55.7 Å². The number of aromatic hydroxyl groups is 1. The first-order valence-corrected chi connectivity index (χ1v) is 6.56. The fourth-order valence-electron chi connectivity index (χ4n) is 1.82. The Kier molecular flexibility index (Phi) is 3.73. The summed E-state index contributed by atoms with van der Waals surface area (Å²) in [5.41, 5.74) is -1.51. The number of hydrogen-bond donors (Lipinski definition) is 3. The predicted octanol–water partition coefficient (Wildman–Crippen LogP) is 0.148. The Morgan fingerprint density at radius 3 is 2.65 bits per heavy atom. The van der Waals surface area contributed by atoms with Gasteiger partial charge in [0.15, 0.2) is 0 Å². The molecule has 0 atom stereocenters. The number of rotatable bonds is 3. The Labute approximate surface area is 132 Å². The van der Waals surface area contributed by atoms with Gasteiger partial charge in [-0.2, -0.15) is 5.21 Å². The SMILES string of the molecule is O=c1[nH]c(=O)n(-c2ccc(Cl)cc2)c(O)c1C=Nc1nn[nH]n1. The monoisotopic (exact) mass is 333 g/mol. The van der Waals surface area contributed by atoms with Crippen molar-refractivity contribution in [2.24, 2.45) is 4.99 Å². The van der Waals surface area contributed by atoms with Crippen LogP contribution in [-0.4, -0.2) is 41.5 Å². The summed E-state index contributed by atoms with van der Waals surface area (Å²) in [6, 6.07) is 6.12. The van der Waals surface area contributed by atoms with Gasteiger partial charge >= 0.3 is 5.69 Å². The molecule has 0 amide bonds. The minimum atomic E-state index is -0.801. The molecule has 3 rings (SSSR count). The Morgan fingerprint density at radius 1 is 1.26 bits per heavy atom. The smallest absolute Gasteiger partial charge is 0.335 e. The molecular weight excluding hydrogens is 326 g/mol. The molecule has 2 aromatic heterocycles. The summed E-state index contributed by atoms with van der Waals surface area (Å²) in [7, 11) is 0. The molecule has 0 aliphatic carbocycles. The summed E-state index contributed by atoms with van der Waals surface area (Å²) in [6.45, 7) is 0. The molecule has 10 nitrogen and oxygen atoms in total. The molecule has 0 unspecified atom stereocenters. The van der Waals surface area contributed by atoms with Crippen molar-refractivity contribution in [1.29, 1.82) is 0 Å². The average molecular weight is 334 g/mol. The minimum absolute atomic E-state index is 0.0342. The van der Waals surface area contributed by atoms with Crippen LogP contribution in [0.15, 0.2) is 38.8 Å². The molecular formula is C12H8ClN7O3. The molecule has 11 heteroatoms. The van der Waals surface area contributed by atoms with Crippen molar-refractivity contribution >= 4 is 23.8 Å². The quantitative estimate of drug-likeness (QED) is 0.582. The maximum atomic E-state index is 12.0. The zero-order valence-electron chi connectivity index (χ0n) is 11.3. The van der Waals surface area contributed by atoms with E-state index in [0.29, 0.717) is 10.7 Å². The molecule has 1 aromatic carbocycles. The second kappa shape index (κ2) is 5.85. The number of nitrogens with one attached hydrogen (secondary N) is 2. The predicted molar refractivity (Wildman–Crippen MR) is 80.8 cm³/mol. The van der Waals surface area contributed by atoms with Crippen molar-refractivity contribution in [3.8, 4) is 11.6 Å². The number of aromatic nitrogens is 6. The maximum absolute atomic E-state index is 12.0. The van der Waals surface area contributed by atoms with Gasteiger partial charge in [-0.1, -0.05) is 16.7 Å². The third-order valence-corrected chi connectivity index (χ3v) is 3.10. The van der Waals surface area contributed by atoms with E-state index in [9.17, 15) is 14.7 Å². The molecule has 0 aliphatic heterocycles. The molecule has 2 heterocycles. The van der Waals surface area contributed by atoms with Crippen LogP contribution in [0.2, 0.25) is 5.02 Å². The van der Waals surface area contributed by atoms with Gasteiger partial charge in [0.05, 0.1) is 5.69 Å². The van der Waals surface area contributed by atoms with Crippen LogP contribution in [0.1, 0.15) is 5.56 Å². The highest BCUT2D eigenvalue weighted by Crippen LogP contribution is 2.17. The first-order valence-electron chi connectivity index (χ1n) is 6.18. The Morgan fingerprint density at radius 2 is 2.00 bits per heavy atom. The topological polar surface area (TPSA) is 142 Å². The molecule has 23 heavy (non-hydrogen) atoms. The molecule has 3 N–H and O–H groups in total. The van der Waals surface area contributed by atoms with E-state index < -0.39 is 17.1 Å². The summed E-state index contributed by atoms with van der Waals surface area (Å²) in [5.74, 6) is -0.610. The molecule has 0 aliphatic rings. The number of aromatic amines is 2. The van der Waals surface area contributed by atoms with Gasteiger partial charge in [-0.15, -0.1) is 5.10 Å². The van der Waals surface area contributed by atoms with Crippen molar-refractivity contribution < 1.29 is 5.11 Å². The van der Waals surface area contributed by atoms with Gasteiger partial charge in [0, 0.05) is 11.2 Å². The number of halogens is 1. The number of benzene rings is 1. The van der Waals surface area contributed by atoms with Crippen molar-refractivity contribution in [1.82, 2.24) is 30.2 Å². The number of nitrogens with zero attached hydrogens (tertiary/aromatic N) is 5. The summed E-state index contributed by atoms with van der Waals surface area (Å²) in [4.78, 5) is 29.7. The summed E-state index contributed by atoms with van der Waals surface area (Å²) >= 11 is 5.79. The van der Waals surface area contributed by atoms with Gasteiger partial charge in [-0.3, -0.25) is 9.78 Å². The molecule has 0 bridgehead atoms. The molecule has 0 saturated carbocycles. The van der Waals surface area contributed by atoms with Crippen molar-refractivity contribution in [2.45, 2.75) is 0 Å². The molecule has 3 aromatic rings. The first kappa shape index (κ1) is 14.7. The Hall–Kier alpha value is -3.27. The fraction of sp³-hybridized carbons (Fsp3) is 0. The van der Waals surface area contributed by atoms with E-state index in [2.05, 4.69) is 30.6 Å². The van der Waals surface area contributed by atoms with Gasteiger partial charge in [0.2, 0.25) is 5.88 Å². The van der Waals surface area contributed by atoms with Gasteiger partial charge in [-0.25, -0.2) is 14.4 Å². The van der Waals surface area contributed by atoms with Crippen LogP contribution in [0.25, 0.3) is 5.69 Å². The zero-order valence-corrected chi connectivity index (χ0v) is 12.0. The molecule has 116 valence electrons. The average Bonchev–Trinajstić information content (AvgIpc) is 3.02. The standard InChI is InChI=1S/C12H8ClN7O3/c13-6-1-3-7(4-2-6)20-10(22)8(9(21)15-12(20)23)5-14-11-16-18-19-17-11/h1-5,22H,(H,15,21,23)(H,16,17,18,19). The first-order chi connectivity index (χ1) is 11.1. The van der Waals surface area contributed by atoms with Crippen LogP contribution in [0.3, 0.4) is 0 Å². The minimum Gasteiger partial charge on any atom is -0.493 e. The Balaban J connectivity index is 2.15. The van der Waals surface area contributed by atoms with Gasteiger partial charge < -0.3 is 5.11 Å². The summed E-state index contributed by atoms with van der Waals surface area (Å²) in [5, 5.41) is 23.4. The van der Waals surface area contributed by atoms with Crippen LogP contribution >= 0.6 is 11.6 Å². The second-order valence-corrected chi connectivity index (χ2v) is 4.71. The highest BCUT2D eigenvalue weighted by atomic mass is 35.5. The van der Waals surface area contributed by atoms with Crippen LogP contribution in [0.4, 0.5) is 5.95 Å². The van der Waals surface area contributed by atoms with E-state index in [4.69, 9.17) is 11.6 Å². The van der Waals surface area contributed by atoms with E-state index in [1.54, 1.807) is 12.1 Å². The largest absolute Gasteiger partial charge is 0.493 e. The third-order valence-electron chi connectivity index (χ3n) is 2.85. The van der Waals surface area contributed by atoms with Crippen molar-refractivity contribution in [3.63, 3.8) is 0 Å². The molecule has 0 saturated heterocycles. The van der Waals surface area contributed by atoms with E-state index in [1.807, 2.05) is 0 Å². The lowest BCUT2D eigenvalue weighted by Crippen LogP contribution is -2.31. The van der Waals surface area contributed by atoms with Crippen LogP contribution in [0.5, 0.6) is 5.88 Å². The van der Waals surface area contributed by atoms with Crippen LogP contribution in [0, 0.1) is 0 Å². The zero-order chi connectivity index (χ0) is 16.4. The fourth-order valence-corrected chi connectivity index (χ4v) is 1.94. The lowest BCUT2D eigenvalue weighted by Gasteiger charge is -2.09.